The highest BCUT2D eigenvalue weighted by atomic mass is 32.2. The van der Waals surface area contributed by atoms with E-state index in [0.717, 1.165) is 11.3 Å². The Morgan fingerprint density at radius 2 is 2.18 bits per heavy atom. The molecule has 4 nitrogen and oxygen atoms in total. The number of hydrogen-bond acceptors (Lipinski definition) is 4. The van der Waals surface area contributed by atoms with Gasteiger partial charge in [-0.1, -0.05) is 20.8 Å². The van der Waals surface area contributed by atoms with Gasteiger partial charge in [-0.2, -0.15) is 0 Å². The van der Waals surface area contributed by atoms with Gasteiger partial charge in [-0.05, 0) is 30.9 Å². The van der Waals surface area contributed by atoms with E-state index in [1.807, 2.05) is 13.0 Å². The van der Waals surface area contributed by atoms with Gasteiger partial charge in [0.1, 0.15) is 6.04 Å². The summed E-state index contributed by atoms with van der Waals surface area (Å²) in [5.74, 6) is 1.64. The molecule has 1 aliphatic rings. The molecule has 0 spiro atoms. The predicted molar refractivity (Wildman–Crippen MR) is 93.6 cm³/mol. The van der Waals surface area contributed by atoms with Crippen molar-refractivity contribution in [3.05, 3.63) is 21.4 Å². The van der Waals surface area contributed by atoms with Crippen LogP contribution in [0.3, 0.4) is 0 Å². The summed E-state index contributed by atoms with van der Waals surface area (Å²) in [5, 5.41) is 2.95. The van der Waals surface area contributed by atoms with Crippen molar-refractivity contribution >= 4 is 34.9 Å². The summed E-state index contributed by atoms with van der Waals surface area (Å²) in [6.45, 7) is 8.92. The van der Waals surface area contributed by atoms with Gasteiger partial charge < -0.3 is 10.2 Å². The summed E-state index contributed by atoms with van der Waals surface area (Å²) >= 11 is 3.18. The number of thiophene rings is 1. The van der Waals surface area contributed by atoms with Gasteiger partial charge in [0.05, 0.1) is 10.8 Å². The monoisotopic (exact) mass is 340 g/mol. The lowest BCUT2D eigenvalue weighted by molar-refractivity contribution is -0.124. The maximum atomic E-state index is 12.7. The zero-order valence-electron chi connectivity index (χ0n) is 13.6. The molecule has 1 atom stereocenters. The lowest BCUT2D eigenvalue weighted by atomic mass is 10.2. The van der Waals surface area contributed by atoms with Crippen LogP contribution in [-0.2, 0) is 11.2 Å². The van der Waals surface area contributed by atoms with Gasteiger partial charge >= 0.3 is 0 Å². The highest BCUT2D eigenvalue weighted by Gasteiger charge is 2.35. The number of rotatable bonds is 5. The van der Waals surface area contributed by atoms with E-state index >= 15 is 0 Å². The molecule has 1 aromatic heterocycles. The van der Waals surface area contributed by atoms with Gasteiger partial charge in [0.15, 0.2) is 0 Å². The highest BCUT2D eigenvalue weighted by molar-refractivity contribution is 7.99. The second-order valence-electron chi connectivity index (χ2n) is 5.98. The Morgan fingerprint density at radius 1 is 1.45 bits per heavy atom. The van der Waals surface area contributed by atoms with Crippen LogP contribution in [-0.4, -0.2) is 40.9 Å². The smallest absolute Gasteiger partial charge is 0.265 e. The molecule has 0 saturated carbocycles. The Kier molecular flexibility index (Phi) is 5.92. The molecular formula is C16H24N2O2S2. The third-order valence-corrected chi connectivity index (χ3v) is 5.84. The van der Waals surface area contributed by atoms with Gasteiger partial charge in [-0.3, -0.25) is 9.59 Å². The van der Waals surface area contributed by atoms with E-state index in [4.69, 9.17) is 0 Å². The average Bonchev–Trinajstić information content (AvgIpc) is 3.10. The van der Waals surface area contributed by atoms with Crippen molar-refractivity contribution in [1.29, 1.82) is 0 Å². The number of aryl methyl sites for hydroxylation is 2. The van der Waals surface area contributed by atoms with Crippen LogP contribution in [0.1, 0.15) is 40.9 Å². The van der Waals surface area contributed by atoms with Crippen LogP contribution in [0, 0.1) is 12.8 Å². The first-order valence-electron chi connectivity index (χ1n) is 7.69. The van der Waals surface area contributed by atoms with E-state index in [9.17, 15) is 9.59 Å². The summed E-state index contributed by atoms with van der Waals surface area (Å²) in [4.78, 5) is 28.7. The second kappa shape index (κ2) is 7.51. The van der Waals surface area contributed by atoms with Crippen molar-refractivity contribution in [2.75, 3.05) is 18.2 Å². The first-order valence-corrected chi connectivity index (χ1v) is 9.66. The van der Waals surface area contributed by atoms with Crippen molar-refractivity contribution in [2.24, 2.45) is 5.92 Å². The molecule has 1 fully saturated rings. The molecule has 0 radical (unpaired) electrons. The van der Waals surface area contributed by atoms with Gasteiger partial charge in [-0.25, -0.2) is 0 Å². The molecule has 122 valence electrons. The third kappa shape index (κ3) is 3.84. The van der Waals surface area contributed by atoms with Crippen molar-refractivity contribution in [1.82, 2.24) is 10.2 Å². The first-order chi connectivity index (χ1) is 10.4. The first kappa shape index (κ1) is 17.3. The minimum Gasteiger partial charge on any atom is -0.354 e. The van der Waals surface area contributed by atoms with Crippen molar-refractivity contribution in [3.63, 3.8) is 0 Å². The van der Waals surface area contributed by atoms with E-state index in [0.29, 0.717) is 24.1 Å². The van der Waals surface area contributed by atoms with Gasteiger partial charge in [0.25, 0.3) is 5.91 Å². The van der Waals surface area contributed by atoms with E-state index in [2.05, 4.69) is 26.1 Å². The molecule has 0 aliphatic carbocycles. The number of nitrogens with one attached hydrogen (secondary N) is 1. The summed E-state index contributed by atoms with van der Waals surface area (Å²) in [6, 6.07) is 1.64. The summed E-state index contributed by atoms with van der Waals surface area (Å²) in [6.07, 6.45) is 0.933. The third-order valence-electron chi connectivity index (χ3n) is 3.74. The summed E-state index contributed by atoms with van der Waals surface area (Å²) in [7, 11) is 0. The quantitative estimate of drug-likeness (QED) is 0.896. The topological polar surface area (TPSA) is 49.4 Å². The highest BCUT2D eigenvalue weighted by Crippen LogP contribution is 2.28. The number of amides is 2. The van der Waals surface area contributed by atoms with E-state index in [1.54, 1.807) is 16.7 Å². The number of nitrogens with zero attached hydrogens (tertiary/aromatic N) is 1. The molecule has 1 saturated heterocycles. The van der Waals surface area contributed by atoms with Crippen LogP contribution in [0.5, 0.6) is 0 Å². The Balaban J connectivity index is 2.08. The van der Waals surface area contributed by atoms with Crippen molar-refractivity contribution in [2.45, 2.75) is 40.2 Å². The van der Waals surface area contributed by atoms with Crippen LogP contribution < -0.4 is 5.32 Å². The molecule has 1 N–H and O–H groups in total. The van der Waals surface area contributed by atoms with Crippen LogP contribution in [0.4, 0.5) is 0 Å². The molecular weight excluding hydrogens is 316 g/mol. The maximum Gasteiger partial charge on any atom is 0.265 e. The SMILES string of the molecule is CCc1cc(C(=O)N2CSC[C@@H]2C(=O)NCC(C)C)sc1C. The molecule has 2 heterocycles. The zero-order chi connectivity index (χ0) is 16.3. The van der Waals surface area contributed by atoms with Crippen molar-refractivity contribution in [3.8, 4) is 0 Å². The minimum absolute atomic E-state index is 0.0116. The fourth-order valence-electron chi connectivity index (χ4n) is 2.40. The fourth-order valence-corrected chi connectivity index (χ4v) is 4.62. The largest absolute Gasteiger partial charge is 0.354 e. The molecule has 2 rings (SSSR count). The van der Waals surface area contributed by atoms with Crippen LogP contribution in [0.25, 0.3) is 0 Å². The lowest BCUT2D eigenvalue weighted by Gasteiger charge is -2.23. The number of thioether (sulfide) groups is 1. The number of carbonyl (C=O) groups is 2. The number of hydrogen-bond donors (Lipinski definition) is 1. The van der Waals surface area contributed by atoms with E-state index in [1.165, 1.54) is 21.8 Å². The lowest BCUT2D eigenvalue weighted by Crippen LogP contribution is -2.47. The summed E-state index contributed by atoms with van der Waals surface area (Å²) < 4.78 is 0. The average molecular weight is 341 g/mol. The maximum absolute atomic E-state index is 12.7. The van der Waals surface area contributed by atoms with Crippen molar-refractivity contribution < 1.29 is 9.59 Å². The Morgan fingerprint density at radius 3 is 2.77 bits per heavy atom. The number of carbonyl (C=O) groups excluding carboxylic acids is 2. The Hall–Kier alpha value is -1.01. The van der Waals surface area contributed by atoms with E-state index in [-0.39, 0.29) is 17.9 Å². The Bertz CT molecular complexity index is 554. The normalized spacial score (nSPS) is 18.0. The van der Waals surface area contributed by atoms with Crippen LogP contribution in [0.15, 0.2) is 6.07 Å². The second-order valence-corrected chi connectivity index (χ2v) is 8.23. The molecule has 2 amide bonds. The van der Waals surface area contributed by atoms with Gasteiger partial charge in [0, 0.05) is 17.2 Å². The molecule has 22 heavy (non-hydrogen) atoms. The standard InChI is InChI=1S/C16H24N2O2S2/c1-5-12-6-14(22-11(12)4)16(20)18-9-21-8-13(18)15(19)17-7-10(2)3/h6,10,13H,5,7-9H2,1-4H3,(H,17,19)/t13-/m1/s1. The summed E-state index contributed by atoms with van der Waals surface area (Å²) in [5.41, 5.74) is 1.22. The van der Waals surface area contributed by atoms with Gasteiger partial charge in [-0.15, -0.1) is 23.1 Å². The molecule has 6 heteroatoms. The van der Waals surface area contributed by atoms with Gasteiger partial charge in [0.2, 0.25) is 5.91 Å². The molecule has 0 bridgehead atoms. The molecule has 1 aromatic rings. The Labute approximate surface area is 140 Å². The zero-order valence-corrected chi connectivity index (χ0v) is 15.3. The molecule has 0 unspecified atom stereocenters. The fraction of sp³-hybridized carbons (Fsp3) is 0.625. The molecule has 1 aliphatic heterocycles. The van der Waals surface area contributed by atoms with Crippen LogP contribution >= 0.6 is 23.1 Å². The minimum atomic E-state index is -0.344. The van der Waals surface area contributed by atoms with Crippen LogP contribution in [0.2, 0.25) is 0 Å². The van der Waals surface area contributed by atoms with E-state index < -0.39 is 0 Å². The predicted octanol–water partition coefficient (Wildman–Crippen LogP) is 2.91. The molecule has 0 aromatic carbocycles.